The van der Waals surface area contributed by atoms with E-state index < -0.39 is 5.91 Å². The van der Waals surface area contributed by atoms with Gasteiger partial charge in [0.05, 0.1) is 12.1 Å². The van der Waals surface area contributed by atoms with Crippen LogP contribution in [-0.2, 0) is 13.2 Å². The number of ether oxygens (including phenoxy) is 1. The fourth-order valence-corrected chi connectivity index (χ4v) is 3.59. The molecular formula is C25H25ClN4O3. The van der Waals surface area contributed by atoms with Crippen molar-refractivity contribution in [2.45, 2.75) is 40.8 Å². The Morgan fingerprint density at radius 2 is 1.88 bits per heavy atom. The zero-order valence-electron chi connectivity index (χ0n) is 19.0. The quantitative estimate of drug-likeness (QED) is 0.383. The van der Waals surface area contributed by atoms with Gasteiger partial charge < -0.3 is 14.6 Å². The fourth-order valence-electron chi connectivity index (χ4n) is 3.39. The predicted molar refractivity (Wildman–Crippen MR) is 127 cm³/mol. The molecule has 7 nitrogen and oxygen atoms in total. The summed E-state index contributed by atoms with van der Waals surface area (Å²) in [5.41, 5.74) is 4.93. The molecule has 0 saturated heterocycles. The number of carbonyl (C=O) groups excluding carboxylic acids is 1. The highest BCUT2D eigenvalue weighted by molar-refractivity contribution is 6.31. The number of hydrogen-bond donors (Lipinski definition) is 1. The number of nitrogens with one attached hydrogen (secondary N) is 1. The van der Waals surface area contributed by atoms with E-state index in [1.165, 1.54) is 5.56 Å². The molecule has 0 fully saturated rings. The molecule has 0 atom stereocenters. The van der Waals surface area contributed by atoms with Crippen molar-refractivity contribution >= 4 is 23.3 Å². The molecule has 33 heavy (non-hydrogen) atoms. The summed E-state index contributed by atoms with van der Waals surface area (Å²) in [5, 5.41) is 11.9. The van der Waals surface area contributed by atoms with Gasteiger partial charge in [-0.15, -0.1) is 0 Å². The first-order valence-corrected chi connectivity index (χ1v) is 10.9. The maximum Gasteiger partial charge on any atom is 0.279 e. The molecule has 0 spiro atoms. The third-order valence-electron chi connectivity index (χ3n) is 5.56. The molecule has 2 aromatic carbocycles. The summed E-state index contributed by atoms with van der Waals surface area (Å²) in [6, 6.07) is 15.3. The molecule has 0 bridgehead atoms. The van der Waals surface area contributed by atoms with Crippen LogP contribution < -0.4 is 10.1 Å². The maximum absolute atomic E-state index is 12.9. The van der Waals surface area contributed by atoms with Crippen molar-refractivity contribution in [3.8, 4) is 5.75 Å². The summed E-state index contributed by atoms with van der Waals surface area (Å²) in [6.45, 7) is 8.41. The summed E-state index contributed by atoms with van der Waals surface area (Å²) < 4.78 is 13.0. The Balaban J connectivity index is 1.47. The third-order valence-corrected chi connectivity index (χ3v) is 5.93. The van der Waals surface area contributed by atoms with E-state index in [1.54, 1.807) is 17.7 Å². The van der Waals surface area contributed by atoms with Crippen LogP contribution in [0, 0.1) is 27.7 Å². The van der Waals surface area contributed by atoms with E-state index in [0.29, 0.717) is 28.7 Å². The molecule has 8 heteroatoms. The van der Waals surface area contributed by atoms with Crippen LogP contribution >= 0.6 is 11.6 Å². The number of aryl methyl sites for hydroxylation is 4. The number of nitrogens with zero attached hydrogens (tertiary/aromatic N) is 3. The number of carbonyl (C=O) groups is 1. The van der Waals surface area contributed by atoms with E-state index in [4.69, 9.17) is 20.9 Å². The summed E-state index contributed by atoms with van der Waals surface area (Å²) in [5.74, 6) is 1.27. The summed E-state index contributed by atoms with van der Waals surface area (Å²) in [6.07, 6.45) is 0. The van der Waals surface area contributed by atoms with E-state index >= 15 is 0 Å². The van der Waals surface area contributed by atoms with Gasteiger partial charge in [-0.05, 0) is 62.6 Å². The van der Waals surface area contributed by atoms with Crippen molar-refractivity contribution in [3.05, 3.63) is 93.0 Å². The molecule has 0 aliphatic heterocycles. The third kappa shape index (κ3) is 5.09. The SMILES string of the molecule is Cc1ccc(OCc2c(C(=O)Nc3cc(C)n(Cc4ccccc4Cl)n3)noc2C)cc1C. The van der Waals surface area contributed by atoms with E-state index in [1.807, 2.05) is 63.2 Å². The van der Waals surface area contributed by atoms with Crippen molar-refractivity contribution in [2.24, 2.45) is 0 Å². The Kier molecular flexibility index (Phi) is 6.51. The van der Waals surface area contributed by atoms with Gasteiger partial charge in [0.1, 0.15) is 18.1 Å². The van der Waals surface area contributed by atoms with Crippen LogP contribution in [-0.4, -0.2) is 20.8 Å². The monoisotopic (exact) mass is 464 g/mol. The standard InChI is InChI=1S/C25H25ClN4O3/c1-15-9-10-20(11-16(15)2)32-14-21-18(4)33-29-24(21)25(31)27-23-12-17(3)30(28-23)13-19-7-5-6-8-22(19)26/h5-12H,13-14H2,1-4H3,(H,27,28,31). The summed E-state index contributed by atoms with van der Waals surface area (Å²) in [4.78, 5) is 12.9. The maximum atomic E-state index is 12.9. The first-order chi connectivity index (χ1) is 15.8. The van der Waals surface area contributed by atoms with Crippen LogP contribution in [0.5, 0.6) is 5.75 Å². The van der Waals surface area contributed by atoms with E-state index in [9.17, 15) is 4.79 Å². The van der Waals surface area contributed by atoms with Crippen LogP contribution in [0.1, 0.15) is 44.2 Å². The summed E-state index contributed by atoms with van der Waals surface area (Å²) >= 11 is 6.27. The lowest BCUT2D eigenvalue weighted by molar-refractivity contribution is 0.101. The van der Waals surface area contributed by atoms with Crippen LogP contribution in [0.3, 0.4) is 0 Å². The molecule has 4 rings (SSSR count). The van der Waals surface area contributed by atoms with Crippen LogP contribution in [0.2, 0.25) is 5.02 Å². The van der Waals surface area contributed by atoms with Crippen molar-refractivity contribution in [1.82, 2.24) is 14.9 Å². The number of benzene rings is 2. The van der Waals surface area contributed by atoms with Crippen molar-refractivity contribution < 1.29 is 14.1 Å². The molecule has 0 radical (unpaired) electrons. The minimum absolute atomic E-state index is 0.167. The Morgan fingerprint density at radius 1 is 1.09 bits per heavy atom. The second-order valence-electron chi connectivity index (χ2n) is 7.97. The Morgan fingerprint density at radius 3 is 2.64 bits per heavy atom. The molecule has 1 amide bonds. The van der Waals surface area contributed by atoms with E-state index in [-0.39, 0.29) is 12.3 Å². The number of rotatable bonds is 7. The molecule has 2 aromatic heterocycles. The zero-order chi connectivity index (χ0) is 23.5. The molecule has 2 heterocycles. The second kappa shape index (κ2) is 9.50. The Bertz CT molecular complexity index is 1310. The molecule has 0 aliphatic carbocycles. The van der Waals surface area contributed by atoms with Crippen molar-refractivity contribution in [3.63, 3.8) is 0 Å². The first-order valence-electron chi connectivity index (χ1n) is 10.6. The molecular weight excluding hydrogens is 440 g/mol. The molecule has 1 N–H and O–H groups in total. The van der Waals surface area contributed by atoms with Gasteiger partial charge in [0.25, 0.3) is 5.91 Å². The summed E-state index contributed by atoms with van der Waals surface area (Å²) in [7, 11) is 0. The smallest absolute Gasteiger partial charge is 0.279 e. The highest BCUT2D eigenvalue weighted by Crippen LogP contribution is 2.22. The van der Waals surface area contributed by atoms with Crippen molar-refractivity contribution in [2.75, 3.05) is 5.32 Å². The van der Waals surface area contributed by atoms with Crippen molar-refractivity contribution in [1.29, 1.82) is 0 Å². The van der Waals surface area contributed by atoms with Gasteiger partial charge in [0, 0.05) is 16.8 Å². The van der Waals surface area contributed by atoms with E-state index in [2.05, 4.69) is 15.6 Å². The minimum Gasteiger partial charge on any atom is -0.489 e. The lowest BCUT2D eigenvalue weighted by Crippen LogP contribution is -2.16. The first kappa shape index (κ1) is 22.6. The van der Waals surface area contributed by atoms with Gasteiger partial charge in [-0.3, -0.25) is 9.48 Å². The average molecular weight is 465 g/mol. The van der Waals surface area contributed by atoms with Gasteiger partial charge in [0.2, 0.25) is 0 Å². The lowest BCUT2D eigenvalue weighted by atomic mass is 10.1. The molecule has 4 aromatic rings. The number of amides is 1. The number of aromatic nitrogens is 3. The van der Waals surface area contributed by atoms with Gasteiger partial charge in [-0.2, -0.15) is 5.10 Å². The van der Waals surface area contributed by atoms with Crippen LogP contribution in [0.25, 0.3) is 0 Å². The highest BCUT2D eigenvalue weighted by atomic mass is 35.5. The average Bonchev–Trinajstić information content (AvgIpc) is 3.32. The van der Waals surface area contributed by atoms with Gasteiger partial charge in [-0.25, -0.2) is 0 Å². The molecule has 0 unspecified atom stereocenters. The Hall–Kier alpha value is -3.58. The largest absolute Gasteiger partial charge is 0.489 e. The number of halogens is 1. The topological polar surface area (TPSA) is 82.2 Å². The number of anilines is 1. The fraction of sp³-hybridized carbons (Fsp3) is 0.240. The molecule has 170 valence electrons. The normalized spacial score (nSPS) is 10.9. The number of hydrogen-bond acceptors (Lipinski definition) is 5. The van der Waals surface area contributed by atoms with Gasteiger partial charge in [-0.1, -0.05) is 41.0 Å². The lowest BCUT2D eigenvalue weighted by Gasteiger charge is -2.09. The highest BCUT2D eigenvalue weighted by Gasteiger charge is 2.22. The van der Waals surface area contributed by atoms with Gasteiger partial charge >= 0.3 is 0 Å². The van der Waals surface area contributed by atoms with Gasteiger partial charge in [0.15, 0.2) is 11.5 Å². The molecule has 0 saturated carbocycles. The molecule has 0 aliphatic rings. The predicted octanol–water partition coefficient (Wildman–Crippen LogP) is 5.64. The van der Waals surface area contributed by atoms with Crippen LogP contribution in [0.15, 0.2) is 53.1 Å². The Labute approximate surface area is 197 Å². The second-order valence-corrected chi connectivity index (χ2v) is 8.38. The van der Waals surface area contributed by atoms with Crippen LogP contribution in [0.4, 0.5) is 5.82 Å². The van der Waals surface area contributed by atoms with E-state index in [0.717, 1.165) is 22.6 Å². The minimum atomic E-state index is -0.409. The zero-order valence-corrected chi connectivity index (χ0v) is 19.7.